The van der Waals surface area contributed by atoms with Crippen molar-refractivity contribution < 1.29 is 4.79 Å². The van der Waals surface area contributed by atoms with Crippen LogP contribution < -0.4 is 5.32 Å². The monoisotopic (exact) mass is 385 g/mol. The summed E-state index contributed by atoms with van der Waals surface area (Å²) in [4.78, 5) is 19.4. The highest BCUT2D eigenvalue weighted by Crippen LogP contribution is 2.28. The summed E-state index contributed by atoms with van der Waals surface area (Å²) in [6, 6.07) is 24.9. The maximum Gasteiger partial charge on any atom is 0.221 e. The lowest BCUT2D eigenvalue weighted by Crippen LogP contribution is -2.37. The SMILES string of the molecule is O=C(CC(c1ccccc1)c1ccccc1)NC1CCN(Cc2ccncc2)C1. The lowest BCUT2D eigenvalue weighted by atomic mass is 9.88. The standard InChI is InChI=1S/C25H27N3O/c29-25(27-23-13-16-28(19-23)18-20-11-14-26-15-12-20)17-24(21-7-3-1-4-8-21)22-9-5-2-6-10-22/h1-12,14-15,23-24H,13,16-19H2,(H,27,29). The van der Waals surface area contributed by atoms with Gasteiger partial charge < -0.3 is 5.32 Å². The minimum Gasteiger partial charge on any atom is -0.352 e. The summed E-state index contributed by atoms with van der Waals surface area (Å²) < 4.78 is 0. The zero-order valence-corrected chi connectivity index (χ0v) is 16.6. The van der Waals surface area contributed by atoms with Crippen LogP contribution in [-0.2, 0) is 11.3 Å². The van der Waals surface area contributed by atoms with Crippen molar-refractivity contribution in [3.8, 4) is 0 Å². The predicted octanol–water partition coefficient (Wildman–Crippen LogP) is 3.99. The Bertz CT molecular complexity index is 860. The Balaban J connectivity index is 1.36. The Morgan fingerprint density at radius 1 is 0.966 bits per heavy atom. The Hall–Kier alpha value is -2.98. The number of carbonyl (C=O) groups excluding carboxylic acids is 1. The Morgan fingerprint density at radius 3 is 2.21 bits per heavy atom. The van der Waals surface area contributed by atoms with Crippen LogP contribution in [0, 0.1) is 0 Å². The molecular weight excluding hydrogens is 358 g/mol. The van der Waals surface area contributed by atoms with E-state index in [1.807, 2.05) is 48.8 Å². The highest BCUT2D eigenvalue weighted by Gasteiger charge is 2.25. The summed E-state index contributed by atoms with van der Waals surface area (Å²) in [7, 11) is 0. The second-order valence-electron chi connectivity index (χ2n) is 7.72. The molecule has 4 rings (SSSR count). The third-order valence-electron chi connectivity index (χ3n) is 5.59. The molecule has 1 N–H and O–H groups in total. The van der Waals surface area contributed by atoms with Crippen molar-refractivity contribution in [3.63, 3.8) is 0 Å². The number of benzene rings is 2. The fraction of sp³-hybridized carbons (Fsp3) is 0.280. The lowest BCUT2D eigenvalue weighted by molar-refractivity contribution is -0.121. The maximum atomic E-state index is 12.9. The van der Waals surface area contributed by atoms with Crippen LogP contribution in [0.5, 0.6) is 0 Å². The predicted molar refractivity (Wildman–Crippen MR) is 115 cm³/mol. The quantitative estimate of drug-likeness (QED) is 0.669. The van der Waals surface area contributed by atoms with Crippen LogP contribution in [0.4, 0.5) is 0 Å². The smallest absolute Gasteiger partial charge is 0.221 e. The molecule has 3 aromatic rings. The van der Waals surface area contributed by atoms with Crippen LogP contribution in [0.2, 0.25) is 0 Å². The molecule has 2 heterocycles. The number of carbonyl (C=O) groups is 1. The molecule has 0 aliphatic carbocycles. The molecule has 29 heavy (non-hydrogen) atoms. The van der Waals surface area contributed by atoms with Gasteiger partial charge in [-0.2, -0.15) is 0 Å². The molecule has 1 aliphatic heterocycles. The fourth-order valence-corrected chi connectivity index (χ4v) is 4.11. The van der Waals surface area contributed by atoms with Gasteiger partial charge in [0.15, 0.2) is 0 Å². The Labute approximate surface area is 172 Å². The maximum absolute atomic E-state index is 12.9. The first-order chi connectivity index (χ1) is 14.3. The molecule has 0 saturated carbocycles. The van der Waals surface area contributed by atoms with Gasteiger partial charge in [-0.1, -0.05) is 60.7 Å². The van der Waals surface area contributed by atoms with E-state index >= 15 is 0 Å². The number of pyridine rings is 1. The van der Waals surface area contributed by atoms with Crippen molar-refractivity contribution in [2.45, 2.75) is 31.3 Å². The van der Waals surface area contributed by atoms with Crippen molar-refractivity contribution in [2.75, 3.05) is 13.1 Å². The van der Waals surface area contributed by atoms with E-state index in [1.165, 1.54) is 16.7 Å². The molecule has 1 unspecified atom stereocenters. The largest absolute Gasteiger partial charge is 0.352 e. The normalized spacial score (nSPS) is 16.8. The zero-order chi connectivity index (χ0) is 19.9. The summed E-state index contributed by atoms with van der Waals surface area (Å²) >= 11 is 0. The molecule has 0 radical (unpaired) electrons. The van der Waals surface area contributed by atoms with Crippen LogP contribution in [0.3, 0.4) is 0 Å². The summed E-state index contributed by atoms with van der Waals surface area (Å²) in [5, 5.41) is 3.27. The molecular formula is C25H27N3O. The van der Waals surface area contributed by atoms with E-state index in [9.17, 15) is 4.79 Å². The number of hydrogen-bond donors (Lipinski definition) is 1. The van der Waals surface area contributed by atoms with E-state index in [-0.39, 0.29) is 17.9 Å². The highest BCUT2D eigenvalue weighted by atomic mass is 16.1. The molecule has 2 aromatic carbocycles. The van der Waals surface area contributed by atoms with E-state index in [2.05, 4.69) is 51.6 Å². The van der Waals surface area contributed by atoms with Crippen molar-refractivity contribution in [3.05, 3.63) is 102 Å². The van der Waals surface area contributed by atoms with Crippen molar-refractivity contribution >= 4 is 5.91 Å². The fourth-order valence-electron chi connectivity index (χ4n) is 4.11. The highest BCUT2D eigenvalue weighted by molar-refractivity contribution is 5.78. The first kappa shape index (κ1) is 19.3. The van der Waals surface area contributed by atoms with Crippen LogP contribution in [0.25, 0.3) is 0 Å². The molecule has 1 saturated heterocycles. The molecule has 1 amide bonds. The average molecular weight is 386 g/mol. The van der Waals surface area contributed by atoms with Gasteiger partial charge >= 0.3 is 0 Å². The second kappa shape index (κ2) is 9.48. The number of nitrogens with one attached hydrogen (secondary N) is 1. The first-order valence-electron chi connectivity index (χ1n) is 10.3. The van der Waals surface area contributed by atoms with E-state index < -0.39 is 0 Å². The van der Waals surface area contributed by atoms with Crippen LogP contribution in [0.1, 0.15) is 35.4 Å². The molecule has 1 atom stereocenters. The minimum absolute atomic E-state index is 0.0757. The van der Waals surface area contributed by atoms with Crippen LogP contribution in [0.15, 0.2) is 85.2 Å². The molecule has 4 heteroatoms. The van der Waals surface area contributed by atoms with Gasteiger partial charge in [0, 0.05) is 50.4 Å². The number of amides is 1. The van der Waals surface area contributed by atoms with Crippen molar-refractivity contribution in [1.29, 1.82) is 0 Å². The number of aromatic nitrogens is 1. The van der Waals surface area contributed by atoms with Gasteiger partial charge in [0.05, 0.1) is 0 Å². The lowest BCUT2D eigenvalue weighted by Gasteiger charge is -2.20. The first-order valence-corrected chi connectivity index (χ1v) is 10.3. The van der Waals surface area contributed by atoms with Crippen LogP contribution >= 0.6 is 0 Å². The number of likely N-dealkylation sites (tertiary alicyclic amines) is 1. The molecule has 1 fully saturated rings. The van der Waals surface area contributed by atoms with Gasteiger partial charge in [0.25, 0.3) is 0 Å². The molecule has 148 valence electrons. The Morgan fingerprint density at radius 2 is 1.59 bits per heavy atom. The minimum atomic E-state index is 0.0757. The van der Waals surface area contributed by atoms with E-state index in [4.69, 9.17) is 0 Å². The molecule has 1 aromatic heterocycles. The Kier molecular flexibility index (Phi) is 6.32. The molecule has 1 aliphatic rings. The van der Waals surface area contributed by atoms with Gasteiger partial charge in [0.1, 0.15) is 0 Å². The number of nitrogens with zero attached hydrogens (tertiary/aromatic N) is 2. The van der Waals surface area contributed by atoms with Gasteiger partial charge in [-0.25, -0.2) is 0 Å². The third-order valence-corrected chi connectivity index (χ3v) is 5.59. The van der Waals surface area contributed by atoms with Crippen LogP contribution in [-0.4, -0.2) is 34.9 Å². The van der Waals surface area contributed by atoms with E-state index in [1.54, 1.807) is 0 Å². The molecule has 4 nitrogen and oxygen atoms in total. The summed E-state index contributed by atoms with van der Waals surface area (Å²) in [5.74, 6) is 0.199. The number of hydrogen-bond acceptors (Lipinski definition) is 3. The summed E-state index contributed by atoms with van der Waals surface area (Å²) in [5.41, 5.74) is 3.62. The van der Waals surface area contributed by atoms with Gasteiger partial charge in [-0.15, -0.1) is 0 Å². The third kappa shape index (κ3) is 5.30. The topological polar surface area (TPSA) is 45.2 Å². The van der Waals surface area contributed by atoms with E-state index in [0.29, 0.717) is 6.42 Å². The van der Waals surface area contributed by atoms with Gasteiger partial charge in [-0.3, -0.25) is 14.7 Å². The van der Waals surface area contributed by atoms with Gasteiger partial charge in [-0.05, 0) is 35.2 Å². The summed E-state index contributed by atoms with van der Waals surface area (Å²) in [6.45, 7) is 2.81. The van der Waals surface area contributed by atoms with Crippen molar-refractivity contribution in [1.82, 2.24) is 15.2 Å². The zero-order valence-electron chi connectivity index (χ0n) is 16.6. The number of rotatable bonds is 7. The van der Waals surface area contributed by atoms with Crippen molar-refractivity contribution in [2.24, 2.45) is 0 Å². The summed E-state index contributed by atoms with van der Waals surface area (Å²) in [6.07, 6.45) is 5.13. The van der Waals surface area contributed by atoms with E-state index in [0.717, 1.165) is 26.1 Å². The second-order valence-corrected chi connectivity index (χ2v) is 7.72. The molecule has 0 spiro atoms. The average Bonchev–Trinajstić information content (AvgIpc) is 3.20. The molecule has 0 bridgehead atoms. The van der Waals surface area contributed by atoms with Gasteiger partial charge in [0.2, 0.25) is 5.91 Å².